The zero-order valence-corrected chi connectivity index (χ0v) is 17.6. The molecule has 1 aliphatic rings. The molecular weight excluding hydrogens is 453 g/mol. The first kappa shape index (κ1) is 19.8. The summed E-state index contributed by atoms with van der Waals surface area (Å²) in [5.74, 6) is 0.137. The van der Waals surface area contributed by atoms with Crippen LogP contribution in [-0.2, 0) is 16.0 Å². The molecule has 142 valence electrons. The Balaban J connectivity index is 1.43. The van der Waals surface area contributed by atoms with E-state index in [2.05, 4.69) is 32.8 Å². The molecule has 6 heteroatoms. The molecule has 1 saturated heterocycles. The number of benzene rings is 2. The molecule has 0 radical (unpaired) electrons. The summed E-state index contributed by atoms with van der Waals surface area (Å²) in [7, 11) is 0. The highest BCUT2D eigenvalue weighted by molar-refractivity contribution is 14.1. The van der Waals surface area contributed by atoms with Crippen LogP contribution in [0.3, 0.4) is 0 Å². The second-order valence-corrected chi connectivity index (χ2v) is 8.12. The van der Waals surface area contributed by atoms with Gasteiger partial charge in [-0.15, -0.1) is 0 Å². The number of hydrogen-bond acceptors (Lipinski definition) is 3. The number of aryl methyl sites for hydroxylation is 1. The molecule has 2 aromatic carbocycles. The van der Waals surface area contributed by atoms with Gasteiger partial charge in [0.15, 0.2) is 0 Å². The highest BCUT2D eigenvalue weighted by Gasteiger charge is 2.22. The summed E-state index contributed by atoms with van der Waals surface area (Å²) in [6, 6.07) is 15.8. The van der Waals surface area contributed by atoms with Gasteiger partial charge < -0.3 is 10.2 Å². The van der Waals surface area contributed by atoms with Gasteiger partial charge in [-0.05, 0) is 53.3 Å². The van der Waals surface area contributed by atoms with Crippen molar-refractivity contribution < 1.29 is 9.59 Å². The predicted octanol–water partition coefficient (Wildman–Crippen LogP) is 2.93. The summed E-state index contributed by atoms with van der Waals surface area (Å²) in [5, 5.41) is 2.94. The monoisotopic (exact) mass is 477 g/mol. The molecule has 0 unspecified atom stereocenters. The molecule has 27 heavy (non-hydrogen) atoms. The quantitative estimate of drug-likeness (QED) is 0.675. The van der Waals surface area contributed by atoms with Crippen molar-refractivity contribution in [2.75, 3.05) is 38.0 Å². The number of nitrogens with one attached hydrogen (secondary N) is 1. The molecule has 0 aliphatic carbocycles. The van der Waals surface area contributed by atoms with E-state index >= 15 is 0 Å². The number of carbonyl (C=O) groups is 2. The number of anilines is 1. The van der Waals surface area contributed by atoms with Crippen molar-refractivity contribution in [1.82, 2.24) is 9.80 Å². The zero-order chi connectivity index (χ0) is 19.2. The number of rotatable bonds is 5. The van der Waals surface area contributed by atoms with Gasteiger partial charge in [-0.3, -0.25) is 14.5 Å². The van der Waals surface area contributed by atoms with Crippen molar-refractivity contribution in [2.24, 2.45) is 0 Å². The largest absolute Gasteiger partial charge is 0.340 e. The van der Waals surface area contributed by atoms with Crippen LogP contribution in [0.25, 0.3) is 0 Å². The van der Waals surface area contributed by atoms with Crippen LogP contribution in [0.2, 0.25) is 0 Å². The van der Waals surface area contributed by atoms with Crippen LogP contribution >= 0.6 is 22.6 Å². The summed E-state index contributed by atoms with van der Waals surface area (Å²) < 4.78 is 1.09. The Morgan fingerprint density at radius 3 is 2.41 bits per heavy atom. The average Bonchev–Trinajstić information content (AvgIpc) is 2.64. The first-order valence-electron chi connectivity index (χ1n) is 9.11. The van der Waals surface area contributed by atoms with Crippen LogP contribution in [-0.4, -0.2) is 54.3 Å². The Kier molecular flexibility index (Phi) is 6.84. The second-order valence-electron chi connectivity index (χ2n) is 6.88. The Labute approximate surface area is 173 Å². The van der Waals surface area contributed by atoms with Gasteiger partial charge in [0.05, 0.1) is 13.0 Å². The summed E-state index contributed by atoms with van der Waals surface area (Å²) in [4.78, 5) is 28.7. The number of nitrogens with zero attached hydrogens (tertiary/aromatic N) is 2. The van der Waals surface area contributed by atoms with Gasteiger partial charge in [0, 0.05) is 35.4 Å². The first-order chi connectivity index (χ1) is 13.0. The maximum atomic E-state index is 12.5. The van der Waals surface area contributed by atoms with E-state index < -0.39 is 0 Å². The second kappa shape index (κ2) is 9.32. The average molecular weight is 477 g/mol. The zero-order valence-electron chi connectivity index (χ0n) is 15.5. The van der Waals surface area contributed by atoms with Gasteiger partial charge >= 0.3 is 0 Å². The SMILES string of the molecule is Cc1ccc(CC(=O)N2CCN(CC(=O)Nc3cccc(I)c3)CC2)cc1. The lowest BCUT2D eigenvalue weighted by atomic mass is 10.1. The van der Waals surface area contributed by atoms with E-state index in [4.69, 9.17) is 0 Å². The minimum atomic E-state index is -0.0172. The van der Waals surface area contributed by atoms with Crippen LogP contribution in [0.4, 0.5) is 5.69 Å². The fourth-order valence-corrected chi connectivity index (χ4v) is 3.66. The highest BCUT2D eigenvalue weighted by Crippen LogP contribution is 2.13. The van der Waals surface area contributed by atoms with Crippen molar-refractivity contribution in [1.29, 1.82) is 0 Å². The Bertz CT molecular complexity index is 799. The molecule has 3 rings (SSSR count). The van der Waals surface area contributed by atoms with E-state index in [1.807, 2.05) is 60.4 Å². The Morgan fingerprint density at radius 2 is 1.74 bits per heavy atom. The maximum Gasteiger partial charge on any atom is 0.238 e. The summed E-state index contributed by atoms with van der Waals surface area (Å²) >= 11 is 2.23. The van der Waals surface area contributed by atoms with Gasteiger partial charge in [0.2, 0.25) is 11.8 Å². The number of hydrogen-bond donors (Lipinski definition) is 1. The topological polar surface area (TPSA) is 52.7 Å². The lowest BCUT2D eigenvalue weighted by Crippen LogP contribution is -2.50. The molecule has 5 nitrogen and oxygen atoms in total. The third-order valence-electron chi connectivity index (χ3n) is 4.68. The third kappa shape index (κ3) is 6.04. The molecule has 0 saturated carbocycles. The highest BCUT2D eigenvalue weighted by atomic mass is 127. The van der Waals surface area contributed by atoms with Gasteiger partial charge in [0.25, 0.3) is 0 Å². The van der Waals surface area contributed by atoms with Gasteiger partial charge in [-0.2, -0.15) is 0 Å². The third-order valence-corrected chi connectivity index (χ3v) is 5.35. The van der Waals surface area contributed by atoms with Crippen molar-refractivity contribution in [3.63, 3.8) is 0 Å². The van der Waals surface area contributed by atoms with Gasteiger partial charge in [0.1, 0.15) is 0 Å². The van der Waals surface area contributed by atoms with E-state index in [0.29, 0.717) is 26.1 Å². The number of amides is 2. The van der Waals surface area contributed by atoms with Crippen molar-refractivity contribution in [2.45, 2.75) is 13.3 Å². The van der Waals surface area contributed by atoms with E-state index in [9.17, 15) is 9.59 Å². The minimum absolute atomic E-state index is 0.0172. The fourth-order valence-electron chi connectivity index (χ4n) is 3.12. The molecule has 0 spiro atoms. The maximum absolute atomic E-state index is 12.5. The minimum Gasteiger partial charge on any atom is -0.340 e. The molecular formula is C21H24IN3O2. The fraction of sp³-hybridized carbons (Fsp3) is 0.333. The predicted molar refractivity (Wildman–Crippen MR) is 116 cm³/mol. The van der Waals surface area contributed by atoms with Gasteiger partial charge in [-0.25, -0.2) is 0 Å². The molecule has 0 bridgehead atoms. The molecule has 1 aliphatic heterocycles. The lowest BCUT2D eigenvalue weighted by Gasteiger charge is -2.34. The summed E-state index contributed by atoms with van der Waals surface area (Å²) in [6.45, 7) is 5.17. The van der Waals surface area contributed by atoms with Crippen molar-refractivity contribution in [3.8, 4) is 0 Å². The lowest BCUT2D eigenvalue weighted by molar-refractivity contribution is -0.132. The van der Waals surface area contributed by atoms with Crippen LogP contribution in [0, 0.1) is 10.5 Å². The van der Waals surface area contributed by atoms with Crippen molar-refractivity contribution >= 4 is 40.1 Å². The Hall–Kier alpha value is -1.93. The van der Waals surface area contributed by atoms with E-state index in [-0.39, 0.29) is 11.8 Å². The standard InChI is InChI=1S/C21H24IN3O2/c1-16-5-7-17(8-6-16)13-21(27)25-11-9-24(10-12-25)15-20(26)23-19-4-2-3-18(22)14-19/h2-8,14H,9-13,15H2,1H3,(H,23,26). The number of carbonyl (C=O) groups excluding carboxylic acids is 2. The molecule has 1 heterocycles. The van der Waals surface area contributed by atoms with E-state index in [0.717, 1.165) is 27.9 Å². The Morgan fingerprint density at radius 1 is 1.04 bits per heavy atom. The number of piperazine rings is 1. The van der Waals surface area contributed by atoms with Crippen LogP contribution in [0.15, 0.2) is 48.5 Å². The molecule has 2 aromatic rings. The van der Waals surface area contributed by atoms with E-state index in [1.165, 1.54) is 5.56 Å². The number of halogens is 1. The van der Waals surface area contributed by atoms with E-state index in [1.54, 1.807) is 0 Å². The van der Waals surface area contributed by atoms with Crippen molar-refractivity contribution in [3.05, 3.63) is 63.2 Å². The molecule has 1 fully saturated rings. The van der Waals surface area contributed by atoms with Crippen LogP contribution < -0.4 is 5.32 Å². The first-order valence-corrected chi connectivity index (χ1v) is 10.2. The molecule has 0 aromatic heterocycles. The molecule has 0 atom stereocenters. The van der Waals surface area contributed by atoms with Gasteiger partial charge in [-0.1, -0.05) is 35.9 Å². The smallest absolute Gasteiger partial charge is 0.238 e. The molecule has 1 N–H and O–H groups in total. The summed E-state index contributed by atoms with van der Waals surface area (Å²) in [5.41, 5.74) is 3.06. The van der Waals surface area contributed by atoms with Crippen LogP contribution in [0.5, 0.6) is 0 Å². The normalized spacial score (nSPS) is 14.8. The molecule has 2 amide bonds. The summed E-state index contributed by atoms with van der Waals surface area (Å²) in [6.07, 6.45) is 0.438. The van der Waals surface area contributed by atoms with Crippen LogP contribution in [0.1, 0.15) is 11.1 Å².